The Bertz CT molecular complexity index is 240. The maximum absolute atomic E-state index is 5.78. The van der Waals surface area contributed by atoms with E-state index in [0.29, 0.717) is 11.6 Å². The van der Waals surface area contributed by atoms with Gasteiger partial charge in [-0.1, -0.05) is 53.4 Å². The van der Waals surface area contributed by atoms with E-state index < -0.39 is 0 Å². The summed E-state index contributed by atoms with van der Waals surface area (Å²) in [5.41, 5.74) is 6.15. The summed E-state index contributed by atoms with van der Waals surface area (Å²) in [5.74, 6) is 0. The largest absolute Gasteiger partial charge is 0.329 e. The quantitative estimate of drug-likeness (QED) is 0.653. The van der Waals surface area contributed by atoms with Crippen LogP contribution in [0.5, 0.6) is 0 Å². The number of hydrogen-bond donors (Lipinski definition) is 1. The summed E-state index contributed by atoms with van der Waals surface area (Å²) in [6.45, 7) is 14.8. The van der Waals surface area contributed by atoms with E-state index in [1.807, 2.05) is 0 Å². The van der Waals surface area contributed by atoms with Crippen molar-refractivity contribution in [1.29, 1.82) is 0 Å². The Labute approximate surface area is 120 Å². The average Bonchev–Trinajstić information content (AvgIpc) is 2.79. The van der Waals surface area contributed by atoms with Gasteiger partial charge in [0.15, 0.2) is 0 Å². The number of rotatable bonds is 9. The minimum atomic E-state index is 0.370. The van der Waals surface area contributed by atoms with Crippen molar-refractivity contribution >= 4 is 0 Å². The van der Waals surface area contributed by atoms with Crippen molar-refractivity contribution in [1.82, 2.24) is 9.80 Å². The second-order valence-electron chi connectivity index (χ2n) is 6.63. The van der Waals surface area contributed by atoms with E-state index >= 15 is 0 Å². The Kier molecular flexibility index (Phi) is 7.33. The highest BCUT2D eigenvalue weighted by atomic mass is 15.4. The average molecular weight is 269 g/mol. The third kappa shape index (κ3) is 4.73. The molecule has 0 bridgehead atoms. The van der Waals surface area contributed by atoms with E-state index in [0.717, 1.165) is 19.6 Å². The van der Waals surface area contributed by atoms with Crippen LogP contribution in [0.1, 0.15) is 59.8 Å². The van der Waals surface area contributed by atoms with Crippen molar-refractivity contribution in [3.05, 3.63) is 0 Å². The fourth-order valence-electron chi connectivity index (χ4n) is 3.59. The van der Waals surface area contributed by atoms with Gasteiger partial charge in [0, 0.05) is 26.2 Å². The number of nitrogens with two attached hydrogens (primary N) is 1. The minimum Gasteiger partial charge on any atom is -0.329 e. The van der Waals surface area contributed by atoms with E-state index in [1.165, 1.54) is 45.2 Å². The lowest BCUT2D eigenvalue weighted by atomic mass is 9.82. The molecule has 0 amide bonds. The molecule has 1 fully saturated rings. The van der Waals surface area contributed by atoms with Crippen LogP contribution in [-0.2, 0) is 0 Å². The van der Waals surface area contributed by atoms with Crippen LogP contribution in [0.15, 0.2) is 0 Å². The lowest BCUT2D eigenvalue weighted by Gasteiger charge is -2.42. The summed E-state index contributed by atoms with van der Waals surface area (Å²) in [7, 11) is 0. The molecule has 1 aliphatic rings. The molecule has 0 aromatic heterocycles. The first kappa shape index (κ1) is 16.9. The van der Waals surface area contributed by atoms with Gasteiger partial charge in [-0.2, -0.15) is 0 Å². The summed E-state index contributed by atoms with van der Waals surface area (Å²) in [6, 6.07) is 0. The summed E-state index contributed by atoms with van der Waals surface area (Å²) in [4.78, 5) is 5.23. The van der Waals surface area contributed by atoms with Crippen LogP contribution < -0.4 is 5.73 Å². The zero-order valence-corrected chi connectivity index (χ0v) is 13.6. The van der Waals surface area contributed by atoms with E-state index in [1.54, 1.807) is 0 Å². The molecule has 2 N–H and O–H groups in total. The molecule has 0 aromatic rings. The van der Waals surface area contributed by atoms with Crippen LogP contribution in [-0.4, -0.2) is 48.7 Å². The lowest BCUT2D eigenvalue weighted by Crippen LogP contribution is -2.50. The van der Waals surface area contributed by atoms with Crippen molar-refractivity contribution in [2.24, 2.45) is 11.1 Å². The van der Waals surface area contributed by atoms with E-state index in [2.05, 4.69) is 37.5 Å². The molecule has 0 saturated carbocycles. The predicted molar refractivity (Wildman–Crippen MR) is 84.2 cm³/mol. The van der Waals surface area contributed by atoms with Gasteiger partial charge >= 0.3 is 0 Å². The minimum absolute atomic E-state index is 0.370. The molecule has 1 rings (SSSR count). The Morgan fingerprint density at radius 1 is 1.05 bits per heavy atom. The molecule has 1 aliphatic heterocycles. The Balaban J connectivity index is 2.59. The Hall–Kier alpha value is -0.120. The lowest BCUT2D eigenvalue weighted by molar-refractivity contribution is 0.0249. The standard InChI is InChI=1S/C16H35N3/c1-5-7-8-9-10-16(3,4)15-18(6-2)13-14-19(15)12-11-17/h15H,5-14,17H2,1-4H3. The molecule has 3 nitrogen and oxygen atoms in total. The van der Waals surface area contributed by atoms with Crippen LogP contribution in [0.25, 0.3) is 0 Å². The molecule has 0 radical (unpaired) electrons. The topological polar surface area (TPSA) is 32.5 Å². The second kappa shape index (κ2) is 8.23. The van der Waals surface area contributed by atoms with Gasteiger partial charge in [0.25, 0.3) is 0 Å². The fraction of sp³-hybridized carbons (Fsp3) is 1.00. The van der Waals surface area contributed by atoms with Gasteiger partial charge in [-0.25, -0.2) is 0 Å². The third-order valence-corrected chi connectivity index (χ3v) is 4.56. The SMILES string of the molecule is CCCCCCC(C)(C)C1N(CC)CCN1CCN. The van der Waals surface area contributed by atoms with Crippen molar-refractivity contribution in [3.63, 3.8) is 0 Å². The zero-order chi connectivity index (χ0) is 14.3. The fourth-order valence-corrected chi connectivity index (χ4v) is 3.59. The normalized spacial score (nSPS) is 22.3. The Morgan fingerprint density at radius 3 is 2.32 bits per heavy atom. The van der Waals surface area contributed by atoms with Gasteiger partial charge in [-0.3, -0.25) is 9.80 Å². The van der Waals surface area contributed by atoms with Crippen molar-refractivity contribution in [3.8, 4) is 0 Å². The van der Waals surface area contributed by atoms with E-state index in [-0.39, 0.29) is 0 Å². The maximum Gasteiger partial charge on any atom is 0.0676 e. The van der Waals surface area contributed by atoms with Gasteiger partial charge in [-0.15, -0.1) is 0 Å². The molecule has 3 heteroatoms. The Morgan fingerprint density at radius 2 is 1.74 bits per heavy atom. The van der Waals surface area contributed by atoms with E-state index in [4.69, 9.17) is 5.73 Å². The smallest absolute Gasteiger partial charge is 0.0676 e. The molecule has 1 heterocycles. The van der Waals surface area contributed by atoms with Crippen molar-refractivity contribution in [2.45, 2.75) is 66.0 Å². The van der Waals surface area contributed by atoms with Crippen LogP contribution in [0, 0.1) is 5.41 Å². The number of nitrogens with zero attached hydrogens (tertiary/aromatic N) is 2. The third-order valence-electron chi connectivity index (χ3n) is 4.56. The van der Waals surface area contributed by atoms with Crippen molar-refractivity contribution < 1.29 is 0 Å². The van der Waals surface area contributed by atoms with Gasteiger partial charge in [0.1, 0.15) is 0 Å². The molecule has 0 aliphatic carbocycles. The maximum atomic E-state index is 5.78. The highest BCUT2D eigenvalue weighted by molar-refractivity contribution is 4.91. The predicted octanol–water partition coefficient (Wildman–Crippen LogP) is 2.91. The highest BCUT2D eigenvalue weighted by Crippen LogP contribution is 2.35. The van der Waals surface area contributed by atoms with E-state index in [9.17, 15) is 0 Å². The monoisotopic (exact) mass is 269 g/mol. The first-order valence-corrected chi connectivity index (χ1v) is 8.25. The first-order valence-electron chi connectivity index (χ1n) is 8.25. The van der Waals surface area contributed by atoms with Gasteiger partial charge in [0.2, 0.25) is 0 Å². The van der Waals surface area contributed by atoms with Crippen LogP contribution >= 0.6 is 0 Å². The molecule has 19 heavy (non-hydrogen) atoms. The number of likely N-dealkylation sites (N-methyl/N-ethyl adjacent to an activating group) is 1. The van der Waals surface area contributed by atoms with Gasteiger partial charge in [0.05, 0.1) is 6.17 Å². The zero-order valence-electron chi connectivity index (χ0n) is 13.6. The summed E-state index contributed by atoms with van der Waals surface area (Å²) < 4.78 is 0. The molecule has 114 valence electrons. The second-order valence-corrected chi connectivity index (χ2v) is 6.63. The summed E-state index contributed by atoms with van der Waals surface area (Å²) in [5, 5.41) is 0. The molecule has 0 aromatic carbocycles. The number of unbranched alkanes of at least 4 members (excludes halogenated alkanes) is 3. The van der Waals surface area contributed by atoms with Crippen molar-refractivity contribution in [2.75, 3.05) is 32.7 Å². The molecule has 1 atom stereocenters. The van der Waals surface area contributed by atoms with Crippen LogP contribution in [0.2, 0.25) is 0 Å². The van der Waals surface area contributed by atoms with Crippen LogP contribution in [0.3, 0.4) is 0 Å². The number of hydrogen-bond acceptors (Lipinski definition) is 3. The highest BCUT2D eigenvalue weighted by Gasteiger charge is 2.40. The molecule has 0 spiro atoms. The summed E-state index contributed by atoms with van der Waals surface area (Å²) >= 11 is 0. The first-order chi connectivity index (χ1) is 9.06. The molecular formula is C16H35N3. The van der Waals surface area contributed by atoms with Crippen LogP contribution in [0.4, 0.5) is 0 Å². The molecule has 1 unspecified atom stereocenters. The van der Waals surface area contributed by atoms with Gasteiger partial charge < -0.3 is 5.73 Å². The molecule has 1 saturated heterocycles. The molecular weight excluding hydrogens is 234 g/mol. The summed E-state index contributed by atoms with van der Waals surface area (Å²) in [6.07, 6.45) is 7.37. The van der Waals surface area contributed by atoms with Gasteiger partial charge in [-0.05, 0) is 18.4 Å².